The third-order valence-corrected chi connectivity index (χ3v) is 4.05. The number of hydrogen-bond donors (Lipinski definition) is 1. The Balaban J connectivity index is 2.37. The van der Waals surface area contributed by atoms with E-state index < -0.39 is 0 Å². The lowest BCUT2D eigenvalue weighted by atomic mass is 10.1. The Bertz CT molecular complexity index is 205. The quantitative estimate of drug-likeness (QED) is 0.795. The molecule has 2 N–H and O–H groups in total. The molecule has 0 aromatic heterocycles. The Morgan fingerprint density at radius 1 is 1.33 bits per heavy atom. The molecule has 0 bridgehead atoms. The molecule has 4 heteroatoms. The number of rotatable bonds is 4. The molecule has 1 fully saturated rings. The number of amides is 1. The average molecular weight is 230 g/mol. The fraction of sp³-hybridized carbons (Fsp3) is 0.909. The zero-order chi connectivity index (χ0) is 11.3. The van der Waals surface area contributed by atoms with Crippen molar-refractivity contribution in [2.45, 2.75) is 43.6 Å². The van der Waals surface area contributed by atoms with Gasteiger partial charge in [0, 0.05) is 24.9 Å². The van der Waals surface area contributed by atoms with Crippen molar-refractivity contribution in [1.29, 1.82) is 0 Å². The number of hydrogen-bond acceptors (Lipinski definition) is 3. The average Bonchev–Trinajstić information content (AvgIpc) is 2.29. The van der Waals surface area contributed by atoms with Crippen molar-refractivity contribution in [3.05, 3.63) is 0 Å². The van der Waals surface area contributed by atoms with Crippen LogP contribution in [0, 0.1) is 0 Å². The summed E-state index contributed by atoms with van der Waals surface area (Å²) in [4.78, 5) is 14.0. The van der Waals surface area contributed by atoms with Gasteiger partial charge in [0.15, 0.2) is 0 Å². The molecular formula is C11H22N2OS. The largest absolute Gasteiger partial charge is 0.342 e. The minimum atomic E-state index is 0.0571. The monoisotopic (exact) mass is 230 g/mol. The fourth-order valence-corrected chi connectivity index (χ4v) is 2.91. The molecule has 0 aromatic carbocycles. The topological polar surface area (TPSA) is 46.3 Å². The van der Waals surface area contributed by atoms with Gasteiger partial charge in [-0.2, -0.15) is 0 Å². The third kappa shape index (κ3) is 4.03. The highest BCUT2D eigenvalue weighted by molar-refractivity contribution is 8.01. The van der Waals surface area contributed by atoms with E-state index in [1.54, 1.807) is 11.8 Å². The summed E-state index contributed by atoms with van der Waals surface area (Å²) in [6, 6.07) is 0. The summed E-state index contributed by atoms with van der Waals surface area (Å²) in [6.07, 6.45) is 3.59. The molecule has 0 radical (unpaired) electrons. The van der Waals surface area contributed by atoms with E-state index in [1.807, 2.05) is 11.8 Å². The van der Waals surface area contributed by atoms with Crippen molar-refractivity contribution in [3.8, 4) is 0 Å². The number of nitrogens with zero attached hydrogens (tertiary/aromatic N) is 1. The van der Waals surface area contributed by atoms with Crippen LogP contribution < -0.4 is 5.73 Å². The summed E-state index contributed by atoms with van der Waals surface area (Å²) < 4.78 is 0. The molecule has 1 amide bonds. The van der Waals surface area contributed by atoms with Crippen LogP contribution in [0.4, 0.5) is 0 Å². The molecule has 1 saturated heterocycles. The molecule has 0 saturated carbocycles. The molecule has 0 aliphatic carbocycles. The normalized spacial score (nSPS) is 21.1. The van der Waals surface area contributed by atoms with Gasteiger partial charge in [-0.1, -0.05) is 6.92 Å². The Labute approximate surface area is 96.8 Å². The highest BCUT2D eigenvalue weighted by atomic mass is 32.2. The van der Waals surface area contributed by atoms with Gasteiger partial charge in [0.05, 0.1) is 5.25 Å². The number of carbonyl (C=O) groups excluding carboxylic acids is 1. The Hall–Kier alpha value is -0.220. The number of carbonyl (C=O) groups is 1. The van der Waals surface area contributed by atoms with Crippen molar-refractivity contribution in [1.82, 2.24) is 4.90 Å². The smallest absolute Gasteiger partial charge is 0.235 e. The van der Waals surface area contributed by atoms with Crippen molar-refractivity contribution in [3.63, 3.8) is 0 Å². The molecule has 3 nitrogen and oxygen atoms in total. The van der Waals surface area contributed by atoms with E-state index in [2.05, 4.69) is 6.92 Å². The first-order chi connectivity index (χ1) is 7.15. The predicted octanol–water partition coefficient (Wildman–Crippen LogP) is 1.47. The molecule has 88 valence electrons. The Morgan fingerprint density at radius 3 is 2.47 bits per heavy atom. The van der Waals surface area contributed by atoms with Gasteiger partial charge in [0.1, 0.15) is 0 Å². The minimum absolute atomic E-state index is 0.0571. The van der Waals surface area contributed by atoms with Gasteiger partial charge in [-0.05, 0) is 26.2 Å². The summed E-state index contributed by atoms with van der Waals surface area (Å²) >= 11 is 1.69. The van der Waals surface area contributed by atoms with Crippen LogP contribution in [-0.4, -0.2) is 40.9 Å². The zero-order valence-corrected chi connectivity index (χ0v) is 10.6. The highest BCUT2D eigenvalue weighted by Gasteiger charge is 2.23. The van der Waals surface area contributed by atoms with E-state index in [4.69, 9.17) is 5.73 Å². The second-order valence-electron chi connectivity index (χ2n) is 4.21. The Morgan fingerprint density at radius 2 is 1.93 bits per heavy atom. The second kappa shape index (κ2) is 6.38. The molecule has 2 atom stereocenters. The van der Waals surface area contributed by atoms with E-state index in [0.717, 1.165) is 25.9 Å². The minimum Gasteiger partial charge on any atom is -0.342 e. The summed E-state index contributed by atoms with van der Waals surface area (Å²) in [5, 5.41) is 0.426. The first-order valence-electron chi connectivity index (χ1n) is 5.79. The molecular weight excluding hydrogens is 208 g/mol. The lowest BCUT2D eigenvalue weighted by Crippen LogP contribution is -2.40. The van der Waals surface area contributed by atoms with Crippen LogP contribution in [-0.2, 0) is 4.79 Å². The molecule has 15 heavy (non-hydrogen) atoms. The standard InChI is InChI=1S/C11H22N2OS/c1-9(8-12)15-10(2)11(14)13-6-4-3-5-7-13/h9-10H,3-8,12H2,1-2H3. The van der Waals surface area contributed by atoms with Crippen molar-refractivity contribution >= 4 is 17.7 Å². The van der Waals surface area contributed by atoms with Crippen LogP contribution in [0.1, 0.15) is 33.1 Å². The summed E-state index contributed by atoms with van der Waals surface area (Å²) in [6.45, 7) is 6.60. The first kappa shape index (κ1) is 12.8. The van der Waals surface area contributed by atoms with Crippen LogP contribution in [0.25, 0.3) is 0 Å². The maximum atomic E-state index is 12.0. The van der Waals surface area contributed by atoms with Gasteiger partial charge in [0.2, 0.25) is 5.91 Å². The van der Waals surface area contributed by atoms with Crippen molar-refractivity contribution in [2.24, 2.45) is 5.73 Å². The maximum Gasteiger partial charge on any atom is 0.235 e. The Kier molecular flexibility index (Phi) is 5.47. The van der Waals surface area contributed by atoms with Crippen LogP contribution in [0.3, 0.4) is 0 Å². The van der Waals surface area contributed by atoms with E-state index in [9.17, 15) is 4.79 Å². The summed E-state index contributed by atoms with van der Waals surface area (Å²) in [5.41, 5.74) is 5.55. The molecule has 2 unspecified atom stereocenters. The van der Waals surface area contributed by atoms with E-state index in [-0.39, 0.29) is 5.25 Å². The molecule has 0 spiro atoms. The number of piperidine rings is 1. The third-order valence-electron chi connectivity index (χ3n) is 2.78. The zero-order valence-electron chi connectivity index (χ0n) is 9.74. The van der Waals surface area contributed by atoms with E-state index in [1.165, 1.54) is 6.42 Å². The molecule has 1 aliphatic rings. The van der Waals surface area contributed by atoms with E-state index >= 15 is 0 Å². The highest BCUT2D eigenvalue weighted by Crippen LogP contribution is 2.20. The molecule has 1 rings (SSSR count). The van der Waals surface area contributed by atoms with Gasteiger partial charge >= 0.3 is 0 Å². The van der Waals surface area contributed by atoms with Crippen LogP contribution in [0.5, 0.6) is 0 Å². The van der Waals surface area contributed by atoms with Gasteiger partial charge in [-0.15, -0.1) is 11.8 Å². The lowest BCUT2D eigenvalue weighted by molar-refractivity contribution is -0.131. The van der Waals surface area contributed by atoms with E-state index in [0.29, 0.717) is 17.7 Å². The molecule has 1 aliphatic heterocycles. The lowest BCUT2D eigenvalue weighted by Gasteiger charge is -2.29. The molecule has 0 aromatic rings. The predicted molar refractivity (Wildman–Crippen MR) is 66.0 cm³/mol. The fourth-order valence-electron chi connectivity index (χ4n) is 1.83. The maximum absolute atomic E-state index is 12.0. The summed E-state index contributed by atoms with van der Waals surface area (Å²) in [5.74, 6) is 0.292. The molecule has 1 heterocycles. The van der Waals surface area contributed by atoms with Crippen molar-refractivity contribution < 1.29 is 4.79 Å². The second-order valence-corrected chi connectivity index (χ2v) is 5.99. The van der Waals surface area contributed by atoms with Crippen LogP contribution >= 0.6 is 11.8 Å². The van der Waals surface area contributed by atoms with Gasteiger partial charge in [-0.25, -0.2) is 0 Å². The first-order valence-corrected chi connectivity index (χ1v) is 6.73. The number of thioether (sulfide) groups is 1. The van der Waals surface area contributed by atoms with Gasteiger partial charge in [0.25, 0.3) is 0 Å². The van der Waals surface area contributed by atoms with Gasteiger partial charge < -0.3 is 10.6 Å². The van der Waals surface area contributed by atoms with Gasteiger partial charge in [-0.3, -0.25) is 4.79 Å². The number of nitrogens with two attached hydrogens (primary N) is 1. The SMILES string of the molecule is CC(CN)SC(C)C(=O)N1CCCCC1. The summed E-state index contributed by atoms with van der Waals surface area (Å²) in [7, 11) is 0. The number of likely N-dealkylation sites (tertiary alicyclic amines) is 1. The van der Waals surface area contributed by atoms with Crippen LogP contribution in [0.2, 0.25) is 0 Å². The van der Waals surface area contributed by atoms with Crippen LogP contribution in [0.15, 0.2) is 0 Å². The van der Waals surface area contributed by atoms with Crippen molar-refractivity contribution in [2.75, 3.05) is 19.6 Å².